The molecule has 0 aromatic carbocycles. The fourth-order valence-electron chi connectivity index (χ4n) is 5.40. The highest BCUT2D eigenvalue weighted by atomic mass is 31.2. The standard InChI is InChI=1S/C20H38N3O16P/c1-23-7-2-5(21)9(25)15(10(7)26)36-19-17-16(11(27)8(3-24)35-19)38-20(39-17)18(30)13(29)12(28)14(37-20)6(22)4-34-40(31,32)33/h5-19,23-30H,2-4,21-22H2,1H3,(H2,31,32,33)/t5-,6+,7+,8+,9+,10-,11-,12+,13-,14+,15-,16-,17-,18-,19-,20?/m0/s1. The molecule has 19 nitrogen and oxygen atoms in total. The maximum atomic E-state index is 11.1. The lowest BCUT2D eigenvalue weighted by molar-refractivity contribution is -0.439. The minimum absolute atomic E-state index is 0.213. The zero-order valence-electron chi connectivity index (χ0n) is 21.3. The Bertz CT molecular complexity index is 919. The third-order valence-corrected chi connectivity index (χ3v) is 8.13. The van der Waals surface area contributed by atoms with E-state index in [1.807, 2.05) is 0 Å². The van der Waals surface area contributed by atoms with Crippen molar-refractivity contribution < 1.29 is 78.3 Å². The van der Waals surface area contributed by atoms with Crippen molar-refractivity contribution in [2.45, 2.75) is 104 Å². The molecular formula is C20H38N3O16P. The monoisotopic (exact) mass is 607 g/mol. The number of ether oxygens (including phenoxy) is 5. The van der Waals surface area contributed by atoms with Gasteiger partial charge < -0.3 is 86.0 Å². The molecule has 40 heavy (non-hydrogen) atoms. The Balaban J connectivity index is 1.60. The Morgan fingerprint density at radius 2 is 1.65 bits per heavy atom. The largest absolute Gasteiger partial charge is 0.469 e. The zero-order valence-corrected chi connectivity index (χ0v) is 22.2. The second kappa shape index (κ2) is 12.2. The average molecular weight is 608 g/mol. The molecule has 1 unspecified atom stereocenters. The summed E-state index contributed by atoms with van der Waals surface area (Å²) in [7, 11) is -3.40. The fraction of sp³-hybridized carbons (Fsp3) is 1.00. The molecule has 234 valence electrons. The van der Waals surface area contributed by atoms with Gasteiger partial charge in [-0.05, 0) is 13.5 Å². The number of hydrogen-bond donors (Lipinski definition) is 12. The molecule has 3 saturated heterocycles. The third kappa shape index (κ3) is 6.10. The lowest BCUT2D eigenvalue weighted by Gasteiger charge is -2.46. The van der Waals surface area contributed by atoms with Crippen LogP contribution in [0.1, 0.15) is 6.42 Å². The molecule has 4 fully saturated rings. The van der Waals surface area contributed by atoms with Crippen LogP contribution in [0.2, 0.25) is 0 Å². The topological polar surface area (TPSA) is 319 Å². The Morgan fingerprint density at radius 1 is 1.00 bits per heavy atom. The van der Waals surface area contributed by atoms with Gasteiger partial charge in [-0.25, -0.2) is 4.57 Å². The van der Waals surface area contributed by atoms with Crippen molar-refractivity contribution in [2.75, 3.05) is 20.3 Å². The Hall–Kier alpha value is -0.490. The maximum Gasteiger partial charge on any atom is 0.469 e. The predicted molar refractivity (Wildman–Crippen MR) is 125 cm³/mol. The summed E-state index contributed by atoms with van der Waals surface area (Å²) in [5.74, 6) is -2.64. The van der Waals surface area contributed by atoms with Gasteiger partial charge in [0.15, 0.2) is 12.4 Å². The van der Waals surface area contributed by atoms with Crippen molar-refractivity contribution in [1.82, 2.24) is 5.32 Å². The van der Waals surface area contributed by atoms with Crippen LogP contribution in [-0.2, 0) is 32.8 Å². The molecule has 0 aromatic rings. The highest BCUT2D eigenvalue weighted by Crippen LogP contribution is 2.46. The van der Waals surface area contributed by atoms with Crippen molar-refractivity contribution in [3.63, 3.8) is 0 Å². The summed E-state index contributed by atoms with van der Waals surface area (Å²) < 4.78 is 44.1. The van der Waals surface area contributed by atoms with Gasteiger partial charge in [0.05, 0.1) is 31.5 Å². The van der Waals surface area contributed by atoms with Gasteiger partial charge in [-0.2, -0.15) is 0 Å². The fourth-order valence-corrected chi connectivity index (χ4v) is 5.77. The van der Waals surface area contributed by atoms with Gasteiger partial charge in [0.25, 0.3) is 0 Å². The summed E-state index contributed by atoms with van der Waals surface area (Å²) in [5.41, 5.74) is 11.9. The van der Waals surface area contributed by atoms with Gasteiger partial charge in [0.1, 0.15) is 48.8 Å². The number of phosphoric acid groups is 1. The molecule has 0 aromatic heterocycles. The van der Waals surface area contributed by atoms with Crippen LogP contribution in [0.3, 0.4) is 0 Å². The summed E-state index contributed by atoms with van der Waals surface area (Å²) in [6, 6.07) is -2.89. The highest BCUT2D eigenvalue weighted by Gasteiger charge is 2.67. The van der Waals surface area contributed by atoms with Gasteiger partial charge in [-0.15, -0.1) is 0 Å². The van der Waals surface area contributed by atoms with E-state index in [0.717, 1.165) is 0 Å². The second-order valence-electron chi connectivity index (χ2n) is 10.3. The van der Waals surface area contributed by atoms with E-state index in [2.05, 4.69) is 9.84 Å². The number of nitrogens with one attached hydrogen (secondary N) is 1. The smallest absolute Gasteiger partial charge is 0.394 e. The quantitative estimate of drug-likeness (QED) is 0.114. The van der Waals surface area contributed by atoms with E-state index in [9.17, 15) is 40.3 Å². The molecule has 0 radical (unpaired) electrons. The van der Waals surface area contributed by atoms with Crippen LogP contribution in [0, 0.1) is 0 Å². The highest BCUT2D eigenvalue weighted by molar-refractivity contribution is 7.46. The summed E-state index contributed by atoms with van der Waals surface area (Å²) in [5, 5.41) is 76.7. The molecule has 0 bridgehead atoms. The number of fused-ring (bicyclic) bond motifs is 1. The van der Waals surface area contributed by atoms with Crippen LogP contribution in [0.15, 0.2) is 0 Å². The number of likely N-dealkylation sites (N-methyl/N-ethyl adjacent to an activating group) is 1. The Labute approximate surface area is 227 Å². The van der Waals surface area contributed by atoms with E-state index in [1.54, 1.807) is 7.05 Å². The Kier molecular flexibility index (Phi) is 9.93. The average Bonchev–Trinajstić information content (AvgIpc) is 3.30. The zero-order chi connectivity index (χ0) is 29.7. The molecule has 4 rings (SSSR count). The van der Waals surface area contributed by atoms with E-state index in [1.165, 1.54) is 0 Å². The number of aliphatic hydroxyl groups is 7. The molecule has 0 amide bonds. The van der Waals surface area contributed by atoms with E-state index >= 15 is 0 Å². The molecule has 3 heterocycles. The first-order valence-electron chi connectivity index (χ1n) is 12.6. The second-order valence-corrected chi connectivity index (χ2v) is 11.6. The lowest BCUT2D eigenvalue weighted by atomic mass is 9.84. The van der Waals surface area contributed by atoms with Gasteiger partial charge >= 0.3 is 13.8 Å². The first kappa shape index (κ1) is 32.4. The van der Waals surface area contributed by atoms with Crippen LogP contribution in [0.4, 0.5) is 0 Å². The van der Waals surface area contributed by atoms with Crippen LogP contribution in [0.5, 0.6) is 0 Å². The van der Waals surface area contributed by atoms with E-state index < -0.39 is 119 Å². The van der Waals surface area contributed by atoms with Crippen molar-refractivity contribution in [1.29, 1.82) is 0 Å². The van der Waals surface area contributed by atoms with Crippen molar-refractivity contribution >= 4 is 7.82 Å². The number of aliphatic hydroxyl groups excluding tert-OH is 7. The minimum atomic E-state index is -4.97. The number of phosphoric ester groups is 1. The summed E-state index contributed by atoms with van der Waals surface area (Å²) >= 11 is 0. The lowest BCUT2D eigenvalue weighted by Crippen LogP contribution is -2.69. The minimum Gasteiger partial charge on any atom is -0.394 e. The summed E-state index contributed by atoms with van der Waals surface area (Å²) in [6.45, 7) is -1.60. The Morgan fingerprint density at radius 3 is 2.25 bits per heavy atom. The van der Waals surface area contributed by atoms with Gasteiger partial charge in [0, 0.05) is 12.1 Å². The first-order chi connectivity index (χ1) is 18.6. The maximum absolute atomic E-state index is 11.1. The molecule has 14 N–H and O–H groups in total. The summed E-state index contributed by atoms with van der Waals surface area (Å²) in [4.78, 5) is 17.9. The van der Waals surface area contributed by atoms with E-state index in [-0.39, 0.29) is 6.42 Å². The number of nitrogens with two attached hydrogens (primary N) is 2. The van der Waals surface area contributed by atoms with Crippen LogP contribution in [-0.4, -0.2) is 163 Å². The van der Waals surface area contributed by atoms with Gasteiger partial charge in [-0.1, -0.05) is 0 Å². The molecule has 1 spiro atoms. The molecule has 1 saturated carbocycles. The first-order valence-corrected chi connectivity index (χ1v) is 14.1. The van der Waals surface area contributed by atoms with Crippen LogP contribution >= 0.6 is 7.82 Å². The van der Waals surface area contributed by atoms with Crippen molar-refractivity contribution in [3.8, 4) is 0 Å². The van der Waals surface area contributed by atoms with Crippen molar-refractivity contribution in [2.24, 2.45) is 11.5 Å². The van der Waals surface area contributed by atoms with Gasteiger partial charge in [-0.3, -0.25) is 4.52 Å². The normalized spacial score (nSPS) is 50.6. The molecule has 16 atom stereocenters. The SMILES string of the molecule is CN[C@@H]1C[C@H](N)[C@@H](O)[C@H](O[C@@H]2O[C@H](CO)[C@H](O)[C@@H]3OC4(O[C@H]23)O[C@H]([C@H](N)COP(=O)(O)O)[C@H](O)[C@H](O)[C@@H]4O)[C@H]1O. The number of hydrogen-bond acceptors (Lipinski definition) is 17. The summed E-state index contributed by atoms with van der Waals surface area (Å²) in [6.07, 6.45) is -19.1. The number of rotatable bonds is 8. The predicted octanol–water partition coefficient (Wildman–Crippen LogP) is -7.15. The molecule has 3 aliphatic heterocycles. The molecule has 20 heteroatoms. The molecule has 4 aliphatic rings. The van der Waals surface area contributed by atoms with Gasteiger partial charge in [0.2, 0.25) is 0 Å². The van der Waals surface area contributed by atoms with Crippen molar-refractivity contribution in [3.05, 3.63) is 0 Å². The molecular weight excluding hydrogens is 569 g/mol. The van der Waals surface area contributed by atoms with Crippen LogP contribution < -0.4 is 16.8 Å². The van der Waals surface area contributed by atoms with E-state index in [4.69, 9.17) is 44.9 Å². The third-order valence-electron chi connectivity index (χ3n) is 7.64. The van der Waals surface area contributed by atoms with Crippen LogP contribution in [0.25, 0.3) is 0 Å². The van der Waals surface area contributed by atoms with E-state index in [0.29, 0.717) is 0 Å². The molecule has 1 aliphatic carbocycles.